The number of piperazine rings is 1. The standard InChI is InChI=1S/C25H24FN3O3/c1-16-4-3-5-19(14-16)22-8-7-20(24(31)27-22)25(32)29-12-10-28(11-13-29)23-9-6-18(17(2)30)15-21(23)26/h3-9,14-15H,10-13H2,1-2H3,(H,27,31). The summed E-state index contributed by atoms with van der Waals surface area (Å²) in [4.78, 5) is 43.2. The molecule has 0 unspecified atom stereocenters. The summed E-state index contributed by atoms with van der Waals surface area (Å²) in [5, 5.41) is 0. The van der Waals surface area contributed by atoms with Gasteiger partial charge in [-0.05, 0) is 55.8 Å². The molecular formula is C25H24FN3O3. The van der Waals surface area contributed by atoms with Crippen molar-refractivity contribution >= 4 is 17.4 Å². The first-order valence-electron chi connectivity index (χ1n) is 10.5. The van der Waals surface area contributed by atoms with Crippen molar-refractivity contribution in [3.8, 4) is 11.3 Å². The van der Waals surface area contributed by atoms with E-state index in [4.69, 9.17) is 0 Å². The minimum Gasteiger partial charge on any atom is -0.366 e. The summed E-state index contributed by atoms with van der Waals surface area (Å²) in [5.74, 6) is -0.987. The van der Waals surface area contributed by atoms with Crippen molar-refractivity contribution in [3.05, 3.63) is 87.5 Å². The number of H-pyrrole nitrogens is 1. The molecule has 0 saturated carbocycles. The van der Waals surface area contributed by atoms with Gasteiger partial charge < -0.3 is 14.8 Å². The largest absolute Gasteiger partial charge is 0.366 e. The van der Waals surface area contributed by atoms with Gasteiger partial charge in [0.2, 0.25) is 0 Å². The summed E-state index contributed by atoms with van der Waals surface area (Å²) in [6.45, 7) is 4.97. The number of amides is 1. The second-order valence-corrected chi connectivity index (χ2v) is 7.99. The lowest BCUT2D eigenvalue weighted by Gasteiger charge is -2.36. The molecule has 1 amide bonds. The van der Waals surface area contributed by atoms with Gasteiger partial charge in [-0.3, -0.25) is 14.4 Å². The highest BCUT2D eigenvalue weighted by Gasteiger charge is 2.25. The average molecular weight is 433 g/mol. The zero-order chi connectivity index (χ0) is 22.8. The Morgan fingerprint density at radius 2 is 1.72 bits per heavy atom. The summed E-state index contributed by atoms with van der Waals surface area (Å²) < 4.78 is 14.5. The first-order chi connectivity index (χ1) is 15.3. The Balaban J connectivity index is 1.46. The molecule has 2 heterocycles. The molecule has 1 aromatic heterocycles. The normalized spacial score (nSPS) is 13.8. The summed E-state index contributed by atoms with van der Waals surface area (Å²) in [6, 6.07) is 15.5. The highest BCUT2D eigenvalue weighted by molar-refractivity contribution is 5.95. The summed E-state index contributed by atoms with van der Waals surface area (Å²) >= 11 is 0. The number of rotatable bonds is 4. The number of pyridine rings is 1. The molecule has 7 heteroatoms. The number of aromatic nitrogens is 1. The van der Waals surface area contributed by atoms with Crippen LogP contribution in [0.3, 0.4) is 0 Å². The van der Waals surface area contributed by atoms with E-state index in [-0.39, 0.29) is 17.3 Å². The van der Waals surface area contributed by atoms with Crippen LogP contribution in [0, 0.1) is 12.7 Å². The second kappa shape index (κ2) is 8.78. The number of anilines is 1. The van der Waals surface area contributed by atoms with Gasteiger partial charge in [0.1, 0.15) is 11.4 Å². The number of hydrogen-bond donors (Lipinski definition) is 1. The first-order valence-corrected chi connectivity index (χ1v) is 10.5. The van der Waals surface area contributed by atoms with E-state index in [1.165, 1.54) is 13.0 Å². The van der Waals surface area contributed by atoms with Crippen molar-refractivity contribution in [3.63, 3.8) is 0 Å². The molecule has 1 aliphatic heterocycles. The van der Waals surface area contributed by atoms with E-state index in [1.54, 1.807) is 29.2 Å². The minimum atomic E-state index is -0.458. The Hall–Kier alpha value is -3.74. The summed E-state index contributed by atoms with van der Waals surface area (Å²) in [5.41, 5.74) is 3.01. The number of hydrogen-bond acceptors (Lipinski definition) is 4. The van der Waals surface area contributed by atoms with Crippen molar-refractivity contribution in [2.24, 2.45) is 0 Å². The summed E-state index contributed by atoms with van der Waals surface area (Å²) in [7, 11) is 0. The molecule has 4 rings (SSSR count). The second-order valence-electron chi connectivity index (χ2n) is 7.99. The number of nitrogens with zero attached hydrogens (tertiary/aromatic N) is 2. The third-order valence-electron chi connectivity index (χ3n) is 5.73. The molecule has 1 N–H and O–H groups in total. The van der Waals surface area contributed by atoms with Gasteiger partial charge in [-0.25, -0.2) is 4.39 Å². The van der Waals surface area contributed by atoms with Crippen molar-refractivity contribution in [2.75, 3.05) is 31.1 Å². The van der Waals surface area contributed by atoms with Crippen LogP contribution in [0.15, 0.2) is 59.4 Å². The predicted molar refractivity (Wildman–Crippen MR) is 122 cm³/mol. The van der Waals surface area contributed by atoms with Crippen LogP contribution < -0.4 is 10.5 Å². The monoisotopic (exact) mass is 433 g/mol. The number of aromatic amines is 1. The quantitative estimate of drug-likeness (QED) is 0.638. The molecule has 1 fully saturated rings. The number of Topliss-reactive ketones (excluding diaryl/α,β-unsaturated/α-hetero) is 1. The lowest BCUT2D eigenvalue weighted by atomic mass is 10.1. The Morgan fingerprint density at radius 1 is 0.969 bits per heavy atom. The van der Waals surface area contributed by atoms with Crippen LogP contribution in [0.2, 0.25) is 0 Å². The molecule has 1 saturated heterocycles. The molecule has 3 aromatic rings. The third kappa shape index (κ3) is 4.32. The van der Waals surface area contributed by atoms with Gasteiger partial charge in [-0.15, -0.1) is 0 Å². The minimum absolute atomic E-state index is 0.0897. The molecule has 0 atom stereocenters. The number of aryl methyl sites for hydroxylation is 1. The zero-order valence-electron chi connectivity index (χ0n) is 18.0. The zero-order valence-corrected chi connectivity index (χ0v) is 18.0. The van der Waals surface area contributed by atoms with Gasteiger partial charge in [0, 0.05) is 37.4 Å². The molecule has 2 aromatic carbocycles. The van der Waals surface area contributed by atoms with Crippen LogP contribution in [0.25, 0.3) is 11.3 Å². The van der Waals surface area contributed by atoms with E-state index in [0.717, 1.165) is 11.1 Å². The maximum absolute atomic E-state index is 14.5. The van der Waals surface area contributed by atoms with Gasteiger partial charge in [0.25, 0.3) is 11.5 Å². The number of halogens is 1. The van der Waals surface area contributed by atoms with Gasteiger partial charge in [0.15, 0.2) is 5.78 Å². The molecular weight excluding hydrogens is 409 g/mol. The number of ketones is 1. The van der Waals surface area contributed by atoms with Crippen LogP contribution >= 0.6 is 0 Å². The van der Waals surface area contributed by atoms with Gasteiger partial charge in [0.05, 0.1) is 5.69 Å². The van der Waals surface area contributed by atoms with Crippen LogP contribution in [-0.4, -0.2) is 47.8 Å². The van der Waals surface area contributed by atoms with Crippen LogP contribution in [0.5, 0.6) is 0 Å². The van der Waals surface area contributed by atoms with Crippen molar-refractivity contribution < 1.29 is 14.0 Å². The maximum atomic E-state index is 14.5. The topological polar surface area (TPSA) is 73.5 Å². The van der Waals surface area contributed by atoms with Crippen LogP contribution in [-0.2, 0) is 0 Å². The highest BCUT2D eigenvalue weighted by Crippen LogP contribution is 2.23. The van der Waals surface area contributed by atoms with Gasteiger partial charge in [-0.1, -0.05) is 23.8 Å². The number of carbonyl (C=O) groups excluding carboxylic acids is 2. The Bertz CT molecular complexity index is 1240. The van der Waals surface area contributed by atoms with E-state index in [2.05, 4.69) is 4.98 Å². The first kappa shape index (κ1) is 21.5. The lowest BCUT2D eigenvalue weighted by Crippen LogP contribution is -2.49. The smallest absolute Gasteiger partial charge is 0.261 e. The maximum Gasteiger partial charge on any atom is 0.261 e. The predicted octanol–water partition coefficient (Wildman–Crippen LogP) is 3.65. The third-order valence-corrected chi connectivity index (χ3v) is 5.73. The number of nitrogens with one attached hydrogen (secondary N) is 1. The Labute approximate surface area is 185 Å². The molecule has 1 aliphatic rings. The molecule has 0 bridgehead atoms. The van der Waals surface area contributed by atoms with E-state index < -0.39 is 11.4 Å². The molecule has 164 valence electrons. The Kier molecular flexibility index (Phi) is 5.90. The molecule has 0 aliphatic carbocycles. The fourth-order valence-corrected chi connectivity index (χ4v) is 3.93. The summed E-state index contributed by atoms with van der Waals surface area (Å²) in [6.07, 6.45) is 0. The van der Waals surface area contributed by atoms with Crippen LogP contribution in [0.1, 0.15) is 33.2 Å². The van der Waals surface area contributed by atoms with E-state index in [9.17, 15) is 18.8 Å². The van der Waals surface area contributed by atoms with Crippen LogP contribution in [0.4, 0.5) is 10.1 Å². The number of carbonyl (C=O) groups is 2. The van der Waals surface area contributed by atoms with Crippen molar-refractivity contribution in [1.82, 2.24) is 9.88 Å². The van der Waals surface area contributed by atoms with Gasteiger partial charge >= 0.3 is 0 Å². The average Bonchev–Trinajstić information content (AvgIpc) is 2.78. The van der Waals surface area contributed by atoms with E-state index in [1.807, 2.05) is 36.1 Å². The van der Waals surface area contributed by atoms with E-state index >= 15 is 0 Å². The van der Waals surface area contributed by atoms with Crippen molar-refractivity contribution in [2.45, 2.75) is 13.8 Å². The number of benzene rings is 2. The lowest BCUT2D eigenvalue weighted by molar-refractivity contribution is 0.0744. The molecule has 0 spiro atoms. The fraction of sp³-hybridized carbons (Fsp3) is 0.240. The fourth-order valence-electron chi connectivity index (χ4n) is 3.93. The SMILES string of the molecule is CC(=O)c1ccc(N2CCN(C(=O)c3ccc(-c4cccc(C)c4)[nH]c3=O)CC2)c(F)c1. The van der Waals surface area contributed by atoms with Gasteiger partial charge in [-0.2, -0.15) is 0 Å². The molecule has 6 nitrogen and oxygen atoms in total. The van der Waals surface area contributed by atoms with Crippen molar-refractivity contribution in [1.29, 1.82) is 0 Å². The molecule has 0 radical (unpaired) electrons. The Morgan fingerprint density at radius 3 is 2.34 bits per heavy atom. The molecule has 32 heavy (non-hydrogen) atoms. The highest BCUT2D eigenvalue weighted by atomic mass is 19.1. The van der Waals surface area contributed by atoms with E-state index in [0.29, 0.717) is 43.1 Å².